The van der Waals surface area contributed by atoms with E-state index in [2.05, 4.69) is 0 Å². The molecule has 0 aliphatic heterocycles. The molecule has 0 N–H and O–H groups in total. The summed E-state index contributed by atoms with van der Waals surface area (Å²) in [6.45, 7) is 5.70. The zero-order valence-electron chi connectivity index (χ0n) is 16.2. The van der Waals surface area contributed by atoms with Crippen LogP contribution in [0, 0.1) is 6.92 Å². The maximum atomic E-state index is 13.4. The molecule has 1 aliphatic carbocycles. The lowest BCUT2D eigenvalue weighted by molar-refractivity contribution is 0.0976. The van der Waals surface area contributed by atoms with E-state index in [1.54, 1.807) is 31.2 Å². The minimum atomic E-state index is -0.364. The van der Waals surface area contributed by atoms with Crippen LogP contribution in [0.4, 0.5) is 0 Å². The van der Waals surface area contributed by atoms with Gasteiger partial charge in [-0.2, -0.15) is 0 Å². The summed E-state index contributed by atoms with van der Waals surface area (Å²) in [5, 5.41) is 0.338. The Morgan fingerprint density at radius 3 is 2.46 bits per heavy atom. The fourth-order valence-corrected chi connectivity index (χ4v) is 3.79. The molecule has 1 aliphatic rings. The van der Waals surface area contributed by atoms with Gasteiger partial charge in [0.05, 0.1) is 23.6 Å². The van der Waals surface area contributed by atoms with Crippen LogP contribution in [-0.4, -0.2) is 18.7 Å². The van der Waals surface area contributed by atoms with Gasteiger partial charge in [0.15, 0.2) is 11.2 Å². The van der Waals surface area contributed by atoms with Crippen LogP contribution in [0.3, 0.4) is 0 Å². The highest BCUT2D eigenvalue weighted by atomic mass is 16.5. The number of carbonyl (C=O) groups is 2. The van der Waals surface area contributed by atoms with Crippen molar-refractivity contribution in [3.05, 3.63) is 74.1 Å². The van der Waals surface area contributed by atoms with Gasteiger partial charge >= 0.3 is 0 Å². The topological polar surface area (TPSA) is 73.6 Å². The third kappa shape index (κ3) is 2.43. The lowest BCUT2D eigenvalue weighted by Gasteiger charge is -2.21. The molecule has 0 fully saturated rings. The highest BCUT2D eigenvalue weighted by Crippen LogP contribution is 2.37. The van der Waals surface area contributed by atoms with E-state index >= 15 is 0 Å². The second-order valence-electron chi connectivity index (χ2n) is 7.18. The number of hydrogen-bond acceptors (Lipinski definition) is 5. The van der Waals surface area contributed by atoms with Crippen molar-refractivity contribution in [1.82, 2.24) is 0 Å². The predicted molar refractivity (Wildman–Crippen MR) is 106 cm³/mol. The number of hydrogen-bond donors (Lipinski definition) is 0. The Morgan fingerprint density at radius 1 is 1.04 bits per heavy atom. The smallest absolute Gasteiger partial charge is 0.202 e. The van der Waals surface area contributed by atoms with Crippen LogP contribution in [0.1, 0.15) is 69.4 Å². The first-order valence-electron chi connectivity index (χ1n) is 9.26. The number of ketones is 2. The number of carbonyl (C=O) groups excluding carboxylic acids is 2. The van der Waals surface area contributed by atoms with Gasteiger partial charge in [0.25, 0.3) is 0 Å². The lowest BCUT2D eigenvalue weighted by atomic mass is 9.81. The van der Waals surface area contributed by atoms with Gasteiger partial charge in [0.2, 0.25) is 5.78 Å². The van der Waals surface area contributed by atoms with E-state index in [9.17, 15) is 14.4 Å². The van der Waals surface area contributed by atoms with Gasteiger partial charge in [-0.25, -0.2) is 0 Å². The molecule has 1 unspecified atom stereocenters. The van der Waals surface area contributed by atoms with Crippen LogP contribution in [0.25, 0.3) is 11.0 Å². The standard InChI is InChI=1S/C23H20O5/c1-5-11(2)17-10-15(24)18-12(3)9-14-20(23(18)28-17)22(26)19-13(21(14)25)7-6-8-16(19)27-4/h6-11H,5H2,1-4H3. The van der Waals surface area contributed by atoms with E-state index in [1.165, 1.54) is 13.2 Å². The normalized spacial score (nSPS) is 14.0. The quantitative estimate of drug-likeness (QED) is 0.530. The van der Waals surface area contributed by atoms with Crippen molar-refractivity contribution in [2.24, 2.45) is 0 Å². The molecule has 4 rings (SSSR count). The second kappa shape index (κ2) is 6.44. The van der Waals surface area contributed by atoms with E-state index in [4.69, 9.17) is 9.15 Å². The van der Waals surface area contributed by atoms with E-state index in [-0.39, 0.29) is 45.2 Å². The Bertz CT molecular complexity index is 1220. The highest BCUT2D eigenvalue weighted by molar-refractivity contribution is 6.32. The van der Waals surface area contributed by atoms with Crippen molar-refractivity contribution in [2.45, 2.75) is 33.1 Å². The molecule has 2 aromatic carbocycles. The summed E-state index contributed by atoms with van der Waals surface area (Å²) < 4.78 is 11.4. The summed E-state index contributed by atoms with van der Waals surface area (Å²) in [5.74, 6) is 0.223. The van der Waals surface area contributed by atoms with Gasteiger partial charge in [-0.15, -0.1) is 0 Å². The first-order valence-corrected chi connectivity index (χ1v) is 9.26. The zero-order chi connectivity index (χ0) is 20.2. The average Bonchev–Trinajstić information content (AvgIpc) is 2.69. The van der Waals surface area contributed by atoms with Gasteiger partial charge in [0, 0.05) is 23.1 Å². The molecular formula is C23H20O5. The SMILES string of the molecule is CCC(C)c1cc(=O)c2c(C)cc3c(c2o1)C(=O)c1c(OC)cccc1C3=O. The molecule has 0 bridgehead atoms. The molecule has 0 saturated carbocycles. The summed E-state index contributed by atoms with van der Waals surface area (Å²) in [6.07, 6.45) is 0.784. The molecule has 3 aromatic rings. The second-order valence-corrected chi connectivity index (χ2v) is 7.18. The largest absolute Gasteiger partial charge is 0.496 e. The number of rotatable bonds is 3. The van der Waals surface area contributed by atoms with Crippen molar-refractivity contribution in [3.63, 3.8) is 0 Å². The first kappa shape index (κ1) is 18.2. The van der Waals surface area contributed by atoms with Crippen molar-refractivity contribution < 1.29 is 18.7 Å². The Kier molecular flexibility index (Phi) is 4.18. The van der Waals surface area contributed by atoms with Gasteiger partial charge in [-0.1, -0.05) is 26.0 Å². The monoisotopic (exact) mass is 376 g/mol. The fourth-order valence-electron chi connectivity index (χ4n) is 3.79. The number of aryl methyl sites for hydroxylation is 1. The summed E-state index contributed by atoms with van der Waals surface area (Å²) >= 11 is 0. The molecule has 0 radical (unpaired) electrons. The third-order valence-corrected chi connectivity index (χ3v) is 5.51. The molecule has 0 spiro atoms. The number of benzene rings is 2. The molecule has 0 amide bonds. The summed E-state index contributed by atoms with van der Waals surface area (Å²) in [5.41, 5.74) is 1.52. The van der Waals surface area contributed by atoms with Crippen molar-refractivity contribution in [3.8, 4) is 5.75 Å². The van der Waals surface area contributed by atoms with E-state index in [1.807, 2.05) is 13.8 Å². The molecule has 1 atom stereocenters. The van der Waals surface area contributed by atoms with Gasteiger partial charge in [-0.3, -0.25) is 14.4 Å². The minimum absolute atomic E-state index is 0.0180. The number of fused-ring (bicyclic) bond motifs is 4. The van der Waals surface area contributed by atoms with Crippen LogP contribution < -0.4 is 10.2 Å². The Labute approximate surface area is 161 Å². The first-order chi connectivity index (χ1) is 13.4. The highest BCUT2D eigenvalue weighted by Gasteiger charge is 2.35. The van der Waals surface area contributed by atoms with Gasteiger partial charge in [0.1, 0.15) is 17.1 Å². The van der Waals surface area contributed by atoms with Gasteiger partial charge in [-0.05, 0) is 31.0 Å². The maximum Gasteiger partial charge on any atom is 0.202 e. The summed E-state index contributed by atoms with van der Waals surface area (Å²) in [6, 6.07) is 8.04. The molecule has 0 saturated heterocycles. The Hall–Kier alpha value is -3.21. The molecule has 1 aromatic heterocycles. The predicted octanol–water partition coefficient (Wildman–Crippen LogP) is 4.40. The molecule has 142 valence electrons. The Balaban J connectivity index is 2.14. The van der Waals surface area contributed by atoms with E-state index in [0.717, 1.165) is 6.42 Å². The maximum absolute atomic E-state index is 13.4. The van der Waals surface area contributed by atoms with Crippen LogP contribution in [0.2, 0.25) is 0 Å². The van der Waals surface area contributed by atoms with E-state index < -0.39 is 0 Å². The van der Waals surface area contributed by atoms with E-state index in [0.29, 0.717) is 28.0 Å². The molecule has 5 heteroatoms. The molecule has 1 heterocycles. The van der Waals surface area contributed by atoms with Crippen LogP contribution in [0.5, 0.6) is 5.75 Å². The van der Waals surface area contributed by atoms with Crippen LogP contribution in [-0.2, 0) is 0 Å². The zero-order valence-corrected chi connectivity index (χ0v) is 16.2. The van der Waals surface area contributed by atoms with Crippen LogP contribution in [0.15, 0.2) is 39.5 Å². The summed E-state index contributed by atoms with van der Waals surface area (Å²) in [4.78, 5) is 39.4. The lowest BCUT2D eigenvalue weighted by Crippen LogP contribution is -2.23. The van der Waals surface area contributed by atoms with Gasteiger partial charge < -0.3 is 9.15 Å². The van der Waals surface area contributed by atoms with Crippen molar-refractivity contribution in [2.75, 3.05) is 7.11 Å². The number of methoxy groups -OCH3 is 1. The number of ether oxygens (including phenoxy) is 1. The third-order valence-electron chi connectivity index (χ3n) is 5.51. The van der Waals surface area contributed by atoms with Crippen LogP contribution >= 0.6 is 0 Å². The van der Waals surface area contributed by atoms with Crippen molar-refractivity contribution in [1.29, 1.82) is 0 Å². The fraction of sp³-hybridized carbons (Fsp3) is 0.261. The van der Waals surface area contributed by atoms with Crippen molar-refractivity contribution >= 4 is 22.5 Å². The average molecular weight is 376 g/mol. The minimum Gasteiger partial charge on any atom is -0.496 e. The summed E-state index contributed by atoms with van der Waals surface area (Å²) in [7, 11) is 1.46. The molecular weight excluding hydrogens is 356 g/mol. The Morgan fingerprint density at radius 2 is 1.79 bits per heavy atom. The molecule has 5 nitrogen and oxygen atoms in total. The molecule has 28 heavy (non-hydrogen) atoms.